The highest BCUT2D eigenvalue weighted by atomic mass is 16.5. The predicted octanol–water partition coefficient (Wildman–Crippen LogP) is 1.67. The van der Waals surface area contributed by atoms with E-state index in [0.29, 0.717) is 12.0 Å². The molecule has 1 aromatic heterocycles. The van der Waals surface area contributed by atoms with Gasteiger partial charge < -0.3 is 14.8 Å². The average molecular weight is 194 g/mol. The molecular weight excluding hydrogens is 180 g/mol. The summed E-state index contributed by atoms with van der Waals surface area (Å²) >= 11 is 0. The van der Waals surface area contributed by atoms with E-state index in [1.807, 2.05) is 13.1 Å². The molecule has 0 spiro atoms. The molecule has 0 amide bonds. The lowest BCUT2D eigenvalue weighted by atomic mass is 10.4. The van der Waals surface area contributed by atoms with E-state index in [2.05, 4.69) is 10.3 Å². The first-order valence-electron chi connectivity index (χ1n) is 4.72. The molecule has 0 unspecified atom stereocenters. The fraction of sp³-hybridized carbons (Fsp3) is 0.500. The van der Waals surface area contributed by atoms with Crippen LogP contribution in [-0.2, 0) is 0 Å². The summed E-state index contributed by atoms with van der Waals surface area (Å²) in [4.78, 5) is 4.14. The maximum Gasteiger partial charge on any atom is 0.256 e. The second-order valence-electron chi connectivity index (χ2n) is 3.30. The van der Waals surface area contributed by atoms with Crippen molar-refractivity contribution >= 4 is 5.69 Å². The number of nitrogens with zero attached hydrogens (tertiary/aromatic N) is 1. The van der Waals surface area contributed by atoms with Gasteiger partial charge in [-0.3, -0.25) is 0 Å². The quantitative estimate of drug-likeness (QED) is 0.791. The minimum absolute atomic E-state index is 0.359. The minimum atomic E-state index is 0.359. The third kappa shape index (κ3) is 1.89. The molecule has 1 aliphatic rings. The summed E-state index contributed by atoms with van der Waals surface area (Å²) < 4.78 is 10.8. The zero-order chi connectivity index (χ0) is 9.97. The number of ether oxygens (including phenoxy) is 2. The molecule has 0 saturated heterocycles. The molecule has 1 aromatic rings. The summed E-state index contributed by atoms with van der Waals surface area (Å²) in [5, 5.41) is 3.01. The number of pyridine rings is 1. The maximum atomic E-state index is 5.66. The van der Waals surface area contributed by atoms with E-state index in [1.165, 1.54) is 0 Å². The Bertz CT molecular complexity index is 324. The minimum Gasteiger partial charge on any atom is -0.485 e. The van der Waals surface area contributed by atoms with Crippen molar-refractivity contribution in [3.63, 3.8) is 0 Å². The number of hydrogen-bond donors (Lipinski definition) is 1. The lowest BCUT2D eigenvalue weighted by Crippen LogP contribution is -2.01. The first-order chi connectivity index (χ1) is 6.83. The van der Waals surface area contributed by atoms with Crippen LogP contribution in [0, 0.1) is 0 Å². The van der Waals surface area contributed by atoms with Crippen molar-refractivity contribution in [1.82, 2.24) is 4.98 Å². The molecular formula is C10H14N2O2. The zero-order valence-electron chi connectivity index (χ0n) is 8.41. The van der Waals surface area contributed by atoms with Gasteiger partial charge in [0.15, 0.2) is 5.75 Å². The van der Waals surface area contributed by atoms with Crippen LogP contribution < -0.4 is 14.8 Å². The van der Waals surface area contributed by atoms with Crippen LogP contribution in [0.5, 0.6) is 11.6 Å². The molecule has 2 rings (SSSR count). The van der Waals surface area contributed by atoms with Crippen molar-refractivity contribution in [3.8, 4) is 11.6 Å². The highest BCUT2D eigenvalue weighted by Gasteiger charge is 2.25. The first-order valence-corrected chi connectivity index (χ1v) is 4.72. The number of methoxy groups -OCH3 is 1. The van der Waals surface area contributed by atoms with Crippen LogP contribution in [0.4, 0.5) is 5.69 Å². The van der Waals surface area contributed by atoms with Crippen LogP contribution >= 0.6 is 0 Å². The van der Waals surface area contributed by atoms with Gasteiger partial charge in [0.1, 0.15) is 0 Å². The predicted molar refractivity (Wildman–Crippen MR) is 54.0 cm³/mol. The van der Waals surface area contributed by atoms with Crippen molar-refractivity contribution < 1.29 is 9.47 Å². The number of nitrogens with one attached hydrogen (secondary N) is 1. The van der Waals surface area contributed by atoms with Gasteiger partial charge >= 0.3 is 0 Å². The number of anilines is 1. The molecule has 0 bridgehead atoms. The average Bonchev–Trinajstić information content (AvgIpc) is 3.01. The van der Waals surface area contributed by atoms with Gasteiger partial charge in [-0.05, 0) is 12.8 Å². The second kappa shape index (κ2) is 3.74. The van der Waals surface area contributed by atoms with Gasteiger partial charge in [0.25, 0.3) is 5.88 Å². The highest BCUT2D eigenvalue weighted by molar-refractivity contribution is 5.49. The summed E-state index contributed by atoms with van der Waals surface area (Å²) in [6.07, 6.45) is 4.34. The van der Waals surface area contributed by atoms with Crippen LogP contribution in [0.2, 0.25) is 0 Å². The normalized spacial score (nSPS) is 15.0. The second-order valence-corrected chi connectivity index (χ2v) is 3.30. The van der Waals surface area contributed by atoms with Gasteiger partial charge in [-0.2, -0.15) is 0 Å². The number of aromatic nitrogens is 1. The smallest absolute Gasteiger partial charge is 0.256 e. The monoisotopic (exact) mass is 194 g/mol. The lowest BCUT2D eigenvalue weighted by molar-refractivity contribution is 0.277. The van der Waals surface area contributed by atoms with Gasteiger partial charge in [-0.15, -0.1) is 0 Å². The number of rotatable bonds is 4. The van der Waals surface area contributed by atoms with Crippen LogP contribution in [-0.4, -0.2) is 25.2 Å². The van der Waals surface area contributed by atoms with Crippen molar-refractivity contribution in [2.24, 2.45) is 0 Å². The molecule has 76 valence electrons. The molecule has 1 N–H and O–H groups in total. The molecule has 1 fully saturated rings. The first kappa shape index (κ1) is 9.12. The summed E-state index contributed by atoms with van der Waals surface area (Å²) in [6, 6.07) is 1.91. The van der Waals surface area contributed by atoms with E-state index in [9.17, 15) is 0 Å². The Hall–Kier alpha value is -1.45. The summed E-state index contributed by atoms with van der Waals surface area (Å²) in [6.45, 7) is 0. The van der Waals surface area contributed by atoms with Gasteiger partial charge in [-0.25, -0.2) is 4.98 Å². The summed E-state index contributed by atoms with van der Waals surface area (Å²) in [5.74, 6) is 1.28. The van der Waals surface area contributed by atoms with Gasteiger partial charge in [0, 0.05) is 13.1 Å². The maximum absolute atomic E-state index is 5.66. The fourth-order valence-corrected chi connectivity index (χ4v) is 1.17. The Morgan fingerprint density at radius 1 is 1.50 bits per heavy atom. The highest BCUT2D eigenvalue weighted by Crippen LogP contribution is 2.33. The van der Waals surface area contributed by atoms with Crippen LogP contribution in [0.15, 0.2) is 12.3 Å². The van der Waals surface area contributed by atoms with Crippen LogP contribution in [0.3, 0.4) is 0 Å². The Kier molecular flexibility index (Phi) is 2.43. The van der Waals surface area contributed by atoms with Crippen molar-refractivity contribution in [2.75, 3.05) is 19.5 Å². The summed E-state index contributed by atoms with van der Waals surface area (Å²) in [5.41, 5.74) is 0.932. The molecule has 0 radical (unpaired) electrons. The Balaban J connectivity index is 2.21. The van der Waals surface area contributed by atoms with Crippen molar-refractivity contribution in [1.29, 1.82) is 0 Å². The van der Waals surface area contributed by atoms with E-state index in [1.54, 1.807) is 13.3 Å². The molecule has 1 aliphatic carbocycles. The van der Waals surface area contributed by atoms with E-state index >= 15 is 0 Å². The standard InChI is InChI=1S/C10H14N2O2/c1-11-7-5-9(14-8-3-4-8)10(13-2)12-6-7/h5-6,8,11H,3-4H2,1-2H3. The van der Waals surface area contributed by atoms with Gasteiger partial charge in [-0.1, -0.05) is 0 Å². The number of hydrogen-bond acceptors (Lipinski definition) is 4. The molecule has 14 heavy (non-hydrogen) atoms. The SMILES string of the molecule is CNc1cnc(OC)c(OC2CC2)c1. The van der Waals surface area contributed by atoms with E-state index in [-0.39, 0.29) is 0 Å². The van der Waals surface area contributed by atoms with E-state index < -0.39 is 0 Å². The van der Waals surface area contributed by atoms with Crippen molar-refractivity contribution in [2.45, 2.75) is 18.9 Å². The van der Waals surface area contributed by atoms with Crippen LogP contribution in [0.25, 0.3) is 0 Å². The van der Waals surface area contributed by atoms with Crippen LogP contribution in [0.1, 0.15) is 12.8 Å². The summed E-state index contributed by atoms with van der Waals surface area (Å²) in [7, 11) is 3.45. The molecule has 1 saturated carbocycles. The molecule has 0 atom stereocenters. The largest absolute Gasteiger partial charge is 0.485 e. The van der Waals surface area contributed by atoms with E-state index in [0.717, 1.165) is 24.3 Å². The van der Waals surface area contributed by atoms with Crippen molar-refractivity contribution in [3.05, 3.63) is 12.3 Å². The molecule has 1 heterocycles. The Labute approximate surface area is 83.2 Å². The van der Waals surface area contributed by atoms with Gasteiger partial charge in [0.2, 0.25) is 0 Å². The molecule has 4 heteroatoms. The zero-order valence-corrected chi connectivity index (χ0v) is 8.41. The van der Waals surface area contributed by atoms with Gasteiger partial charge in [0.05, 0.1) is 25.1 Å². The van der Waals surface area contributed by atoms with E-state index in [4.69, 9.17) is 9.47 Å². The third-order valence-electron chi connectivity index (χ3n) is 2.12. The molecule has 0 aliphatic heterocycles. The Morgan fingerprint density at radius 2 is 2.29 bits per heavy atom. The fourth-order valence-electron chi connectivity index (χ4n) is 1.17. The molecule has 0 aromatic carbocycles. The molecule has 4 nitrogen and oxygen atoms in total. The topological polar surface area (TPSA) is 43.4 Å². The Morgan fingerprint density at radius 3 is 2.86 bits per heavy atom. The lowest BCUT2D eigenvalue weighted by Gasteiger charge is -2.10. The third-order valence-corrected chi connectivity index (χ3v) is 2.12.